The average molecular weight is 154 g/mol. The molecular weight excluding hydrogens is 144 g/mol. The van der Waals surface area contributed by atoms with E-state index in [0.29, 0.717) is 0 Å². The van der Waals surface area contributed by atoms with E-state index in [1.165, 1.54) is 25.2 Å². The van der Waals surface area contributed by atoms with E-state index in [-0.39, 0.29) is 11.5 Å². The van der Waals surface area contributed by atoms with Crippen molar-refractivity contribution in [2.75, 3.05) is 0 Å². The Morgan fingerprint density at radius 3 is 2.73 bits per heavy atom. The SMILES string of the molecule is CC1(O)C=CC(O)=CC1=NN. The molecule has 1 atom stereocenters. The molecule has 4 heteroatoms. The van der Waals surface area contributed by atoms with Crippen LogP contribution in [0.2, 0.25) is 0 Å². The van der Waals surface area contributed by atoms with Gasteiger partial charge in [-0.05, 0) is 19.1 Å². The molecule has 1 rings (SSSR count). The molecule has 1 aliphatic rings. The quantitative estimate of drug-likeness (QED) is 0.341. The minimum absolute atomic E-state index is 0.0423. The van der Waals surface area contributed by atoms with E-state index >= 15 is 0 Å². The van der Waals surface area contributed by atoms with E-state index in [0.717, 1.165) is 0 Å². The van der Waals surface area contributed by atoms with Crippen LogP contribution in [0, 0.1) is 0 Å². The monoisotopic (exact) mass is 154 g/mol. The van der Waals surface area contributed by atoms with Crippen molar-refractivity contribution in [3.8, 4) is 0 Å². The van der Waals surface area contributed by atoms with Crippen molar-refractivity contribution in [3.05, 3.63) is 24.0 Å². The molecule has 0 amide bonds. The first-order valence-corrected chi connectivity index (χ1v) is 3.17. The molecule has 4 nitrogen and oxygen atoms in total. The predicted octanol–water partition coefficient (Wildman–Crippen LogP) is 0.0638. The van der Waals surface area contributed by atoms with Gasteiger partial charge in [-0.3, -0.25) is 0 Å². The van der Waals surface area contributed by atoms with Gasteiger partial charge in [-0.15, -0.1) is 0 Å². The van der Waals surface area contributed by atoms with Crippen LogP contribution in [-0.4, -0.2) is 21.5 Å². The summed E-state index contributed by atoms with van der Waals surface area (Å²) >= 11 is 0. The van der Waals surface area contributed by atoms with E-state index in [1.54, 1.807) is 0 Å². The molecule has 11 heavy (non-hydrogen) atoms. The molecule has 0 radical (unpaired) electrons. The maximum absolute atomic E-state index is 9.50. The Labute approximate surface area is 64.3 Å². The zero-order valence-electron chi connectivity index (χ0n) is 6.15. The Bertz CT molecular complexity index is 251. The zero-order valence-corrected chi connectivity index (χ0v) is 6.15. The van der Waals surface area contributed by atoms with Gasteiger partial charge in [0, 0.05) is 6.08 Å². The molecule has 4 N–H and O–H groups in total. The van der Waals surface area contributed by atoms with Gasteiger partial charge in [0.1, 0.15) is 11.4 Å². The maximum Gasteiger partial charge on any atom is 0.124 e. The van der Waals surface area contributed by atoms with Crippen LogP contribution in [-0.2, 0) is 0 Å². The van der Waals surface area contributed by atoms with Crippen molar-refractivity contribution in [2.24, 2.45) is 10.9 Å². The largest absolute Gasteiger partial charge is 0.508 e. The second-order valence-electron chi connectivity index (χ2n) is 2.56. The van der Waals surface area contributed by atoms with E-state index in [2.05, 4.69) is 5.10 Å². The Morgan fingerprint density at radius 1 is 1.64 bits per heavy atom. The van der Waals surface area contributed by atoms with Gasteiger partial charge in [-0.2, -0.15) is 5.10 Å². The first-order chi connectivity index (χ1) is 5.06. The van der Waals surface area contributed by atoms with Crippen molar-refractivity contribution in [1.82, 2.24) is 0 Å². The molecule has 0 spiro atoms. The fraction of sp³-hybridized carbons (Fsp3) is 0.286. The lowest BCUT2D eigenvalue weighted by molar-refractivity contribution is 0.183. The standard InChI is InChI=1S/C7H10N2O2/c1-7(11)3-2-5(10)4-6(7)9-8/h2-4,10-11H,8H2,1H3. The number of aliphatic hydroxyl groups is 2. The highest BCUT2D eigenvalue weighted by atomic mass is 16.3. The predicted molar refractivity (Wildman–Crippen MR) is 42.1 cm³/mol. The van der Waals surface area contributed by atoms with Crippen LogP contribution in [0.3, 0.4) is 0 Å². The van der Waals surface area contributed by atoms with Crippen molar-refractivity contribution < 1.29 is 10.2 Å². The fourth-order valence-corrected chi connectivity index (χ4v) is 0.835. The van der Waals surface area contributed by atoms with Crippen LogP contribution >= 0.6 is 0 Å². The van der Waals surface area contributed by atoms with Gasteiger partial charge in [0.25, 0.3) is 0 Å². The molecule has 0 aromatic heterocycles. The van der Waals surface area contributed by atoms with Crippen molar-refractivity contribution >= 4 is 5.71 Å². The summed E-state index contributed by atoms with van der Waals surface area (Å²) in [7, 11) is 0. The summed E-state index contributed by atoms with van der Waals surface area (Å²) in [6, 6.07) is 0. The number of hydrazone groups is 1. The third-order valence-electron chi connectivity index (χ3n) is 1.52. The van der Waals surface area contributed by atoms with Gasteiger partial charge in [0.2, 0.25) is 0 Å². The van der Waals surface area contributed by atoms with Crippen LogP contribution in [0.25, 0.3) is 0 Å². The maximum atomic E-state index is 9.50. The lowest BCUT2D eigenvalue weighted by atomic mass is 9.95. The molecular formula is C7H10N2O2. The minimum atomic E-state index is -1.17. The number of aliphatic hydroxyl groups excluding tert-OH is 1. The molecule has 0 heterocycles. The van der Waals surface area contributed by atoms with E-state index < -0.39 is 5.60 Å². The number of nitrogens with zero attached hydrogens (tertiary/aromatic N) is 1. The Hall–Kier alpha value is -1.29. The number of hydrogen-bond donors (Lipinski definition) is 3. The first kappa shape index (κ1) is 7.81. The molecule has 0 aromatic rings. The number of hydrogen-bond acceptors (Lipinski definition) is 4. The van der Waals surface area contributed by atoms with Crippen LogP contribution in [0.15, 0.2) is 29.1 Å². The van der Waals surface area contributed by atoms with Crippen LogP contribution < -0.4 is 5.84 Å². The molecule has 60 valence electrons. The van der Waals surface area contributed by atoms with E-state index in [9.17, 15) is 5.11 Å². The van der Waals surface area contributed by atoms with Crippen molar-refractivity contribution in [3.63, 3.8) is 0 Å². The first-order valence-electron chi connectivity index (χ1n) is 3.17. The Morgan fingerprint density at radius 2 is 2.27 bits per heavy atom. The zero-order chi connectivity index (χ0) is 8.48. The highest BCUT2D eigenvalue weighted by molar-refractivity contribution is 6.04. The average Bonchev–Trinajstić information content (AvgIpc) is 1.94. The van der Waals surface area contributed by atoms with Gasteiger partial charge in [0.05, 0.1) is 5.71 Å². The summed E-state index contributed by atoms with van der Waals surface area (Å²) in [5.74, 6) is 5.02. The van der Waals surface area contributed by atoms with Gasteiger partial charge in [-0.25, -0.2) is 0 Å². The molecule has 0 saturated heterocycles. The summed E-state index contributed by atoms with van der Waals surface area (Å²) in [6.07, 6.45) is 4.14. The topological polar surface area (TPSA) is 78.8 Å². The second kappa shape index (κ2) is 2.39. The summed E-state index contributed by atoms with van der Waals surface area (Å²) in [4.78, 5) is 0. The molecule has 0 saturated carbocycles. The van der Waals surface area contributed by atoms with Gasteiger partial charge < -0.3 is 16.1 Å². The summed E-state index contributed by atoms with van der Waals surface area (Å²) in [5, 5.41) is 21.8. The number of nitrogens with two attached hydrogens (primary N) is 1. The molecule has 0 bridgehead atoms. The molecule has 0 aliphatic heterocycles. The summed E-state index contributed by atoms with van der Waals surface area (Å²) < 4.78 is 0. The highest BCUT2D eigenvalue weighted by Gasteiger charge is 2.25. The minimum Gasteiger partial charge on any atom is -0.508 e. The second-order valence-corrected chi connectivity index (χ2v) is 2.56. The lowest BCUT2D eigenvalue weighted by Crippen LogP contribution is -2.34. The summed E-state index contributed by atoms with van der Waals surface area (Å²) in [6.45, 7) is 1.54. The summed E-state index contributed by atoms with van der Waals surface area (Å²) in [5.41, 5.74) is -0.918. The lowest BCUT2D eigenvalue weighted by Gasteiger charge is -2.21. The third-order valence-corrected chi connectivity index (χ3v) is 1.52. The third kappa shape index (κ3) is 1.40. The van der Waals surface area contributed by atoms with Crippen molar-refractivity contribution in [2.45, 2.75) is 12.5 Å². The van der Waals surface area contributed by atoms with Gasteiger partial charge in [-0.1, -0.05) is 0 Å². The smallest absolute Gasteiger partial charge is 0.124 e. The van der Waals surface area contributed by atoms with Crippen LogP contribution in [0.1, 0.15) is 6.92 Å². The van der Waals surface area contributed by atoms with Crippen LogP contribution in [0.4, 0.5) is 0 Å². The molecule has 1 unspecified atom stereocenters. The molecule has 0 aromatic carbocycles. The number of allylic oxidation sites excluding steroid dienone is 1. The highest BCUT2D eigenvalue weighted by Crippen LogP contribution is 2.16. The van der Waals surface area contributed by atoms with Gasteiger partial charge in [0.15, 0.2) is 0 Å². The fourth-order valence-electron chi connectivity index (χ4n) is 0.835. The molecule has 1 aliphatic carbocycles. The normalized spacial score (nSPS) is 34.0. The van der Waals surface area contributed by atoms with Gasteiger partial charge >= 0.3 is 0 Å². The van der Waals surface area contributed by atoms with Crippen molar-refractivity contribution in [1.29, 1.82) is 0 Å². The van der Waals surface area contributed by atoms with E-state index in [1.807, 2.05) is 0 Å². The van der Waals surface area contributed by atoms with E-state index in [4.69, 9.17) is 10.9 Å². The van der Waals surface area contributed by atoms with Crippen LogP contribution in [0.5, 0.6) is 0 Å². The Kier molecular flexibility index (Phi) is 1.70. The number of rotatable bonds is 0. The Balaban J connectivity index is 3.03. The molecule has 0 fully saturated rings.